The SMILES string of the molecule is Fc1ccc(-n2nccc2-c2cc(Br)cc(OC(F)(F)F)c2)cc1Cl. The van der Waals surface area contributed by atoms with Crippen LogP contribution in [0.5, 0.6) is 5.75 Å². The second kappa shape index (κ2) is 6.68. The molecule has 0 bridgehead atoms. The highest BCUT2D eigenvalue weighted by molar-refractivity contribution is 9.10. The van der Waals surface area contributed by atoms with Crippen LogP contribution in [0.1, 0.15) is 0 Å². The van der Waals surface area contributed by atoms with Gasteiger partial charge in [-0.05, 0) is 42.5 Å². The van der Waals surface area contributed by atoms with Crippen molar-refractivity contribution in [3.05, 3.63) is 64.0 Å². The zero-order chi connectivity index (χ0) is 18.2. The lowest BCUT2D eigenvalue weighted by Crippen LogP contribution is -2.17. The summed E-state index contributed by atoms with van der Waals surface area (Å²) in [6.45, 7) is 0. The lowest BCUT2D eigenvalue weighted by molar-refractivity contribution is -0.274. The van der Waals surface area contributed by atoms with Crippen LogP contribution < -0.4 is 4.74 Å². The average Bonchev–Trinajstić information content (AvgIpc) is 2.97. The van der Waals surface area contributed by atoms with Crippen LogP contribution in [-0.4, -0.2) is 16.1 Å². The minimum absolute atomic E-state index is 0.0886. The molecule has 0 atom stereocenters. The van der Waals surface area contributed by atoms with Crippen LogP contribution >= 0.6 is 27.5 Å². The first-order valence-corrected chi connectivity index (χ1v) is 7.96. The maximum Gasteiger partial charge on any atom is 0.573 e. The molecule has 0 unspecified atom stereocenters. The Hall–Kier alpha value is -2.06. The van der Waals surface area contributed by atoms with Crippen molar-refractivity contribution >= 4 is 27.5 Å². The molecule has 3 rings (SSSR count). The van der Waals surface area contributed by atoms with E-state index in [0.717, 1.165) is 0 Å². The smallest absolute Gasteiger partial charge is 0.406 e. The number of hydrogen-bond acceptors (Lipinski definition) is 2. The van der Waals surface area contributed by atoms with Crippen molar-refractivity contribution in [3.8, 4) is 22.7 Å². The van der Waals surface area contributed by atoms with E-state index in [2.05, 4.69) is 25.8 Å². The van der Waals surface area contributed by atoms with Crippen molar-refractivity contribution in [2.75, 3.05) is 0 Å². The van der Waals surface area contributed by atoms with E-state index in [0.29, 0.717) is 21.4 Å². The van der Waals surface area contributed by atoms with Crippen LogP contribution in [0.4, 0.5) is 17.6 Å². The van der Waals surface area contributed by atoms with E-state index in [9.17, 15) is 17.6 Å². The monoisotopic (exact) mass is 434 g/mol. The first-order chi connectivity index (χ1) is 11.7. The molecule has 130 valence electrons. The molecular weight excluding hydrogens is 428 g/mol. The Labute approximate surface area is 152 Å². The summed E-state index contributed by atoms with van der Waals surface area (Å²) in [6.07, 6.45) is -3.33. The molecule has 25 heavy (non-hydrogen) atoms. The molecule has 0 saturated carbocycles. The van der Waals surface area contributed by atoms with Crippen molar-refractivity contribution in [1.82, 2.24) is 9.78 Å². The lowest BCUT2D eigenvalue weighted by atomic mass is 10.1. The number of aromatic nitrogens is 2. The van der Waals surface area contributed by atoms with E-state index in [1.54, 1.807) is 12.1 Å². The van der Waals surface area contributed by atoms with Crippen molar-refractivity contribution in [1.29, 1.82) is 0 Å². The molecule has 3 aromatic rings. The average molecular weight is 436 g/mol. The van der Waals surface area contributed by atoms with Gasteiger partial charge in [0.15, 0.2) is 0 Å². The molecule has 0 fully saturated rings. The minimum atomic E-state index is -4.80. The van der Waals surface area contributed by atoms with Crippen molar-refractivity contribution in [2.24, 2.45) is 0 Å². The number of rotatable bonds is 3. The summed E-state index contributed by atoms with van der Waals surface area (Å²) in [6, 6.07) is 9.67. The summed E-state index contributed by atoms with van der Waals surface area (Å²) in [5.41, 5.74) is 1.37. The molecule has 0 aliphatic rings. The van der Waals surface area contributed by atoms with Gasteiger partial charge in [0, 0.05) is 10.0 Å². The van der Waals surface area contributed by atoms with Crippen molar-refractivity contribution in [3.63, 3.8) is 0 Å². The van der Waals surface area contributed by atoms with Gasteiger partial charge in [-0.3, -0.25) is 0 Å². The molecule has 0 saturated heterocycles. The van der Waals surface area contributed by atoms with Crippen LogP contribution in [0.15, 0.2) is 53.1 Å². The lowest BCUT2D eigenvalue weighted by Gasteiger charge is -2.12. The Kier molecular flexibility index (Phi) is 4.75. The van der Waals surface area contributed by atoms with Crippen LogP contribution in [0.25, 0.3) is 16.9 Å². The van der Waals surface area contributed by atoms with E-state index >= 15 is 0 Å². The standard InChI is InChI=1S/C16H8BrClF4N2O/c17-10-5-9(6-12(7-10)25-16(20,21)22)15-3-4-23-24(15)11-1-2-14(19)13(18)8-11/h1-8H. The first kappa shape index (κ1) is 17.8. The van der Waals surface area contributed by atoms with Gasteiger partial charge in [0.05, 0.1) is 22.6 Å². The summed E-state index contributed by atoms with van der Waals surface area (Å²) in [5, 5.41) is 4.04. The Morgan fingerprint density at radius 2 is 1.84 bits per heavy atom. The molecule has 0 aliphatic heterocycles. The third-order valence-electron chi connectivity index (χ3n) is 3.19. The number of halogens is 6. The van der Waals surface area contributed by atoms with Crippen LogP contribution in [-0.2, 0) is 0 Å². The maximum atomic E-state index is 13.3. The van der Waals surface area contributed by atoms with E-state index in [1.165, 1.54) is 41.2 Å². The normalized spacial score (nSPS) is 11.6. The fourth-order valence-corrected chi connectivity index (χ4v) is 2.89. The fourth-order valence-electron chi connectivity index (χ4n) is 2.25. The van der Waals surface area contributed by atoms with Gasteiger partial charge in [0.2, 0.25) is 0 Å². The van der Waals surface area contributed by atoms with Gasteiger partial charge in [-0.1, -0.05) is 27.5 Å². The van der Waals surface area contributed by atoms with Crippen LogP contribution in [0.3, 0.4) is 0 Å². The summed E-state index contributed by atoms with van der Waals surface area (Å²) in [5.74, 6) is -0.954. The Morgan fingerprint density at radius 1 is 1.08 bits per heavy atom. The Balaban J connectivity index is 2.06. The Morgan fingerprint density at radius 3 is 2.52 bits per heavy atom. The molecule has 2 aromatic carbocycles. The molecule has 3 nitrogen and oxygen atoms in total. The van der Waals surface area contributed by atoms with Gasteiger partial charge in [-0.15, -0.1) is 13.2 Å². The van der Waals surface area contributed by atoms with Gasteiger partial charge in [-0.25, -0.2) is 9.07 Å². The highest BCUT2D eigenvalue weighted by atomic mass is 79.9. The van der Waals surface area contributed by atoms with Gasteiger partial charge >= 0.3 is 6.36 Å². The molecule has 1 heterocycles. The second-order valence-corrected chi connectivity index (χ2v) is 6.27. The molecule has 0 spiro atoms. The summed E-state index contributed by atoms with van der Waals surface area (Å²) >= 11 is 8.94. The summed E-state index contributed by atoms with van der Waals surface area (Å²) in [7, 11) is 0. The molecule has 0 amide bonds. The largest absolute Gasteiger partial charge is 0.573 e. The van der Waals surface area contributed by atoms with E-state index in [4.69, 9.17) is 11.6 Å². The highest BCUT2D eigenvalue weighted by Crippen LogP contribution is 2.33. The van der Waals surface area contributed by atoms with Gasteiger partial charge in [0.25, 0.3) is 0 Å². The predicted molar refractivity (Wildman–Crippen MR) is 88.4 cm³/mol. The zero-order valence-corrected chi connectivity index (χ0v) is 14.5. The zero-order valence-electron chi connectivity index (χ0n) is 12.2. The number of alkyl halides is 3. The molecule has 0 aliphatic carbocycles. The maximum absolute atomic E-state index is 13.3. The summed E-state index contributed by atoms with van der Waals surface area (Å²) < 4.78 is 56.5. The third-order valence-corrected chi connectivity index (χ3v) is 3.94. The predicted octanol–water partition coefficient (Wildman–Crippen LogP) is 5.99. The third kappa shape index (κ3) is 4.13. The fraction of sp³-hybridized carbons (Fsp3) is 0.0625. The molecular formula is C16H8BrClF4N2O. The number of hydrogen-bond donors (Lipinski definition) is 0. The highest BCUT2D eigenvalue weighted by Gasteiger charge is 2.31. The topological polar surface area (TPSA) is 27.1 Å². The first-order valence-electron chi connectivity index (χ1n) is 6.79. The van der Waals surface area contributed by atoms with Gasteiger partial charge < -0.3 is 4.74 Å². The van der Waals surface area contributed by atoms with E-state index in [1.807, 2.05) is 0 Å². The van der Waals surface area contributed by atoms with Gasteiger partial charge in [-0.2, -0.15) is 5.10 Å². The van der Waals surface area contributed by atoms with Crippen LogP contribution in [0, 0.1) is 5.82 Å². The number of ether oxygens (including phenoxy) is 1. The van der Waals surface area contributed by atoms with Crippen molar-refractivity contribution in [2.45, 2.75) is 6.36 Å². The second-order valence-electron chi connectivity index (χ2n) is 4.95. The molecule has 9 heteroatoms. The van der Waals surface area contributed by atoms with Crippen molar-refractivity contribution < 1.29 is 22.3 Å². The number of benzene rings is 2. The van der Waals surface area contributed by atoms with E-state index in [-0.39, 0.29) is 10.8 Å². The minimum Gasteiger partial charge on any atom is -0.406 e. The van der Waals surface area contributed by atoms with Crippen LogP contribution in [0.2, 0.25) is 5.02 Å². The summed E-state index contributed by atoms with van der Waals surface area (Å²) in [4.78, 5) is 0. The van der Waals surface area contributed by atoms with E-state index < -0.39 is 12.2 Å². The number of nitrogens with zero attached hydrogens (tertiary/aromatic N) is 2. The van der Waals surface area contributed by atoms with Gasteiger partial charge in [0.1, 0.15) is 11.6 Å². The molecule has 0 radical (unpaired) electrons. The molecule has 0 N–H and O–H groups in total. The quantitative estimate of drug-likeness (QED) is 0.472. The molecule has 1 aromatic heterocycles. The Bertz CT molecular complexity index is 927.